The summed E-state index contributed by atoms with van der Waals surface area (Å²) in [6.45, 7) is 1.33. The van der Waals surface area contributed by atoms with E-state index in [1.165, 1.54) is 6.92 Å². The first-order valence-electron chi connectivity index (χ1n) is 9.61. The van der Waals surface area contributed by atoms with E-state index in [1.807, 2.05) is 30.3 Å². The molecule has 0 amide bonds. The molecule has 7 nitrogen and oxygen atoms in total. The number of pyridine rings is 1. The molecule has 2 unspecified atom stereocenters. The van der Waals surface area contributed by atoms with Crippen molar-refractivity contribution in [3.8, 4) is 5.75 Å². The van der Waals surface area contributed by atoms with E-state index >= 15 is 0 Å². The first-order chi connectivity index (χ1) is 14.1. The molecule has 0 saturated carbocycles. The van der Waals surface area contributed by atoms with Crippen LogP contribution in [-0.2, 0) is 33.5 Å². The second-order valence-electron chi connectivity index (χ2n) is 6.98. The smallest absolute Gasteiger partial charge is 0.304 e. The molecule has 152 valence electrons. The maximum Gasteiger partial charge on any atom is 0.304 e. The molecule has 0 fully saturated rings. The van der Waals surface area contributed by atoms with Gasteiger partial charge < -0.3 is 9.47 Å². The Morgan fingerprint density at radius 2 is 2.10 bits per heavy atom. The lowest BCUT2D eigenvalue weighted by molar-refractivity contribution is -0.144. The Kier molecular flexibility index (Phi) is 5.62. The van der Waals surface area contributed by atoms with Gasteiger partial charge in [0.25, 0.3) is 0 Å². The Hall–Kier alpha value is -2.74. The number of esters is 1. The van der Waals surface area contributed by atoms with Crippen LogP contribution in [0.2, 0.25) is 0 Å². The van der Waals surface area contributed by atoms with Crippen LogP contribution in [-0.4, -0.2) is 31.8 Å². The van der Waals surface area contributed by atoms with Crippen molar-refractivity contribution >= 4 is 27.8 Å². The third-order valence-corrected chi connectivity index (χ3v) is 6.82. The Morgan fingerprint density at radius 1 is 1.28 bits per heavy atom. The van der Waals surface area contributed by atoms with E-state index < -0.39 is 16.8 Å². The largest absolute Gasteiger partial charge is 0.496 e. The highest BCUT2D eigenvalue weighted by Gasteiger charge is 2.31. The van der Waals surface area contributed by atoms with Crippen molar-refractivity contribution in [1.82, 2.24) is 14.5 Å². The number of fused-ring (bicyclic) bond motifs is 2. The summed E-state index contributed by atoms with van der Waals surface area (Å²) < 4.78 is 26.2. The summed E-state index contributed by atoms with van der Waals surface area (Å²) in [4.78, 5) is 20.6. The number of imidazole rings is 1. The van der Waals surface area contributed by atoms with Gasteiger partial charge in [0.1, 0.15) is 5.75 Å². The van der Waals surface area contributed by atoms with Crippen LogP contribution in [0.5, 0.6) is 5.75 Å². The number of hydrogen-bond acceptors (Lipinski definition) is 6. The van der Waals surface area contributed by atoms with E-state index in [0.29, 0.717) is 5.16 Å². The average Bonchev–Trinajstić information content (AvgIpc) is 2.96. The summed E-state index contributed by atoms with van der Waals surface area (Å²) in [5, 5.41) is 0.102. The van der Waals surface area contributed by atoms with Crippen LogP contribution in [0.25, 0.3) is 11.0 Å². The molecule has 2 heterocycles. The molecule has 1 aliphatic carbocycles. The van der Waals surface area contributed by atoms with E-state index in [1.54, 1.807) is 17.9 Å². The third-order valence-electron chi connectivity index (χ3n) is 5.17. The monoisotopic (exact) mass is 413 g/mol. The predicted octanol–water partition coefficient (Wildman–Crippen LogP) is 3.54. The van der Waals surface area contributed by atoms with Crippen molar-refractivity contribution in [2.24, 2.45) is 0 Å². The van der Waals surface area contributed by atoms with Crippen LogP contribution in [0.3, 0.4) is 0 Å². The molecule has 0 bridgehead atoms. The number of ether oxygens (including phenoxy) is 2. The Bertz CT molecular complexity index is 1080. The van der Waals surface area contributed by atoms with Gasteiger partial charge in [-0.3, -0.25) is 18.6 Å². The van der Waals surface area contributed by atoms with Crippen molar-refractivity contribution in [2.45, 2.75) is 49.7 Å². The lowest BCUT2D eigenvalue weighted by atomic mass is 10.1. The highest BCUT2D eigenvalue weighted by Crippen LogP contribution is 2.38. The molecule has 0 spiro atoms. The minimum Gasteiger partial charge on any atom is -0.496 e. The van der Waals surface area contributed by atoms with E-state index in [2.05, 4.69) is 9.97 Å². The SMILES string of the molecule is COc1ccnc2c1CCCCC2S(=O)c1nc2ccccc2n1COC(C)=O. The van der Waals surface area contributed by atoms with Crippen LogP contribution >= 0.6 is 0 Å². The molecule has 2 atom stereocenters. The number of methoxy groups -OCH3 is 1. The van der Waals surface area contributed by atoms with E-state index in [9.17, 15) is 9.00 Å². The zero-order valence-corrected chi connectivity index (χ0v) is 17.3. The highest BCUT2D eigenvalue weighted by molar-refractivity contribution is 7.85. The Balaban J connectivity index is 1.80. The molecule has 2 aromatic heterocycles. The molecule has 3 aromatic rings. The van der Waals surface area contributed by atoms with E-state index in [-0.39, 0.29) is 12.0 Å². The number of benzene rings is 1. The summed E-state index contributed by atoms with van der Waals surface area (Å²) in [7, 11) is 0.175. The van der Waals surface area contributed by atoms with Gasteiger partial charge >= 0.3 is 5.97 Å². The number of carbonyl (C=O) groups is 1. The first-order valence-corrected chi connectivity index (χ1v) is 10.8. The first kappa shape index (κ1) is 19.6. The summed E-state index contributed by atoms with van der Waals surface area (Å²) in [5.41, 5.74) is 3.33. The van der Waals surface area contributed by atoms with Crippen molar-refractivity contribution in [3.05, 3.63) is 47.8 Å². The fraction of sp³-hybridized carbons (Fsp3) is 0.381. The second-order valence-corrected chi connectivity index (χ2v) is 8.51. The molecule has 0 saturated heterocycles. The van der Waals surface area contributed by atoms with Crippen LogP contribution < -0.4 is 4.74 Å². The van der Waals surface area contributed by atoms with E-state index in [4.69, 9.17) is 9.47 Å². The number of nitrogens with zero attached hydrogens (tertiary/aromatic N) is 3. The van der Waals surface area contributed by atoms with E-state index in [0.717, 1.165) is 53.7 Å². The molecule has 0 radical (unpaired) electrons. The van der Waals surface area contributed by atoms with Gasteiger partial charge in [-0.25, -0.2) is 4.98 Å². The molecule has 4 rings (SSSR count). The zero-order chi connectivity index (χ0) is 20.4. The van der Waals surface area contributed by atoms with Gasteiger partial charge in [0.15, 0.2) is 6.73 Å². The maximum atomic E-state index is 13.8. The van der Waals surface area contributed by atoms with Crippen LogP contribution in [0.4, 0.5) is 0 Å². The normalized spacial score (nSPS) is 17.4. The number of aromatic nitrogens is 3. The number of hydrogen-bond donors (Lipinski definition) is 0. The van der Waals surface area contributed by atoms with Gasteiger partial charge in [-0.05, 0) is 37.5 Å². The van der Waals surface area contributed by atoms with Gasteiger partial charge in [-0.1, -0.05) is 18.6 Å². The maximum absolute atomic E-state index is 13.8. The van der Waals surface area contributed by atoms with Crippen molar-refractivity contribution in [2.75, 3.05) is 7.11 Å². The molecule has 1 aromatic carbocycles. The van der Waals surface area contributed by atoms with Gasteiger partial charge in [-0.2, -0.15) is 0 Å². The quantitative estimate of drug-likeness (QED) is 0.470. The molecular weight excluding hydrogens is 390 g/mol. The highest BCUT2D eigenvalue weighted by atomic mass is 32.2. The Morgan fingerprint density at radius 3 is 2.90 bits per heavy atom. The lowest BCUT2D eigenvalue weighted by Gasteiger charge is -2.18. The van der Waals surface area contributed by atoms with Gasteiger partial charge in [0, 0.05) is 18.7 Å². The number of rotatable bonds is 5. The van der Waals surface area contributed by atoms with Crippen LogP contribution in [0.15, 0.2) is 41.7 Å². The molecule has 0 aliphatic heterocycles. The number of para-hydroxylation sites is 2. The second kappa shape index (κ2) is 8.32. The third kappa shape index (κ3) is 3.76. The minimum atomic E-state index is -1.47. The predicted molar refractivity (Wildman–Crippen MR) is 109 cm³/mol. The summed E-state index contributed by atoms with van der Waals surface area (Å²) in [6.07, 6.45) is 5.24. The van der Waals surface area contributed by atoms with Crippen molar-refractivity contribution in [1.29, 1.82) is 0 Å². The standard InChI is InChI=1S/C21H23N3O4S/c1-14(25)28-13-24-17-9-5-4-8-16(17)23-21(24)29(26)19-10-6-3-7-15-18(27-2)11-12-22-20(15)19/h4-5,8-9,11-12,19H,3,6-7,10,13H2,1-2H3. The topological polar surface area (TPSA) is 83.3 Å². The molecule has 1 aliphatic rings. The summed E-state index contributed by atoms with van der Waals surface area (Å²) >= 11 is 0. The number of carbonyl (C=O) groups excluding carboxylic acids is 1. The molecular formula is C21H23N3O4S. The lowest BCUT2D eigenvalue weighted by Crippen LogP contribution is -2.16. The Labute approximate surface area is 171 Å². The van der Waals surface area contributed by atoms with Gasteiger partial charge in [0.05, 0.1) is 39.9 Å². The average molecular weight is 413 g/mol. The summed E-state index contributed by atoms with van der Waals surface area (Å²) in [5.74, 6) is 0.387. The molecule has 29 heavy (non-hydrogen) atoms. The fourth-order valence-corrected chi connectivity index (χ4v) is 5.40. The van der Waals surface area contributed by atoms with Crippen molar-refractivity contribution in [3.63, 3.8) is 0 Å². The zero-order valence-electron chi connectivity index (χ0n) is 16.5. The molecule has 8 heteroatoms. The molecule has 0 N–H and O–H groups in total. The minimum absolute atomic E-state index is 0.0258. The van der Waals surface area contributed by atoms with Gasteiger partial charge in [0.2, 0.25) is 5.16 Å². The van der Waals surface area contributed by atoms with Gasteiger partial charge in [-0.15, -0.1) is 0 Å². The van der Waals surface area contributed by atoms with Crippen LogP contribution in [0.1, 0.15) is 42.7 Å². The van der Waals surface area contributed by atoms with Crippen molar-refractivity contribution < 1.29 is 18.5 Å². The fourth-order valence-electron chi connectivity index (χ4n) is 3.80. The van der Waals surface area contributed by atoms with Crippen LogP contribution in [0, 0.1) is 0 Å². The summed E-state index contributed by atoms with van der Waals surface area (Å²) in [6, 6.07) is 9.36.